The molecule has 0 unspecified atom stereocenters. The highest BCUT2D eigenvalue weighted by Gasteiger charge is 2.16. The van der Waals surface area contributed by atoms with Crippen LogP contribution in [0.15, 0.2) is 23.3 Å². The molecule has 20 heavy (non-hydrogen) atoms. The predicted octanol–water partition coefficient (Wildman–Crippen LogP) is -0.190. The molecule has 0 atom stereocenters. The molecule has 0 aliphatic heterocycles. The molecule has 3 rings (SSSR count). The Morgan fingerprint density at radius 3 is 3.00 bits per heavy atom. The molecule has 0 saturated carbocycles. The van der Waals surface area contributed by atoms with Gasteiger partial charge >= 0.3 is 5.82 Å². The highest BCUT2D eigenvalue weighted by molar-refractivity contribution is 5.72. The van der Waals surface area contributed by atoms with E-state index in [2.05, 4.69) is 20.2 Å². The van der Waals surface area contributed by atoms with Crippen molar-refractivity contribution in [3.05, 3.63) is 44.8 Å². The molecule has 3 aromatic rings. The third-order valence-electron chi connectivity index (χ3n) is 2.83. The van der Waals surface area contributed by atoms with Crippen molar-refractivity contribution in [2.75, 3.05) is 0 Å². The number of aromatic nitrogens is 6. The molecule has 0 saturated heterocycles. The summed E-state index contributed by atoms with van der Waals surface area (Å²) in [5, 5.41) is 19.0. The monoisotopic (exact) mass is 275 g/mol. The van der Waals surface area contributed by atoms with Gasteiger partial charge in [-0.1, -0.05) is 5.10 Å². The Hall–Kier alpha value is -3.04. The number of nitrogens with one attached hydrogen (secondary N) is 1. The summed E-state index contributed by atoms with van der Waals surface area (Å²) >= 11 is 0. The van der Waals surface area contributed by atoms with Crippen LogP contribution in [0.3, 0.4) is 0 Å². The van der Waals surface area contributed by atoms with Crippen molar-refractivity contribution in [1.29, 1.82) is 0 Å². The average Bonchev–Trinajstić information content (AvgIpc) is 2.98. The third-order valence-corrected chi connectivity index (χ3v) is 2.83. The number of rotatable bonds is 3. The molecule has 0 spiro atoms. The van der Waals surface area contributed by atoms with Gasteiger partial charge in [0.25, 0.3) is 5.56 Å². The number of nitrogens with zero attached hydrogens (tertiary/aromatic N) is 6. The fourth-order valence-corrected chi connectivity index (χ4v) is 1.90. The lowest BCUT2D eigenvalue weighted by Gasteiger charge is -2.00. The van der Waals surface area contributed by atoms with Gasteiger partial charge in [0.1, 0.15) is 5.39 Å². The molecule has 0 aromatic carbocycles. The maximum absolute atomic E-state index is 11.8. The molecule has 0 radical (unpaired) electrons. The smallest absolute Gasteiger partial charge is 0.345 e. The van der Waals surface area contributed by atoms with Gasteiger partial charge in [0.15, 0.2) is 18.0 Å². The van der Waals surface area contributed by atoms with Crippen molar-refractivity contribution in [3.63, 3.8) is 0 Å². The second kappa shape index (κ2) is 4.26. The molecule has 0 bridgehead atoms. The molecule has 3 heterocycles. The van der Waals surface area contributed by atoms with Gasteiger partial charge in [0.05, 0.1) is 18.5 Å². The zero-order valence-corrected chi connectivity index (χ0v) is 10.3. The number of hydrogen-bond donors (Lipinski definition) is 1. The van der Waals surface area contributed by atoms with Gasteiger partial charge < -0.3 is 15.1 Å². The summed E-state index contributed by atoms with van der Waals surface area (Å²) in [6.07, 6.45) is 2.74. The lowest BCUT2D eigenvalue weighted by molar-refractivity contribution is -0.392. The van der Waals surface area contributed by atoms with E-state index < -0.39 is 4.92 Å². The lowest BCUT2D eigenvalue weighted by Crippen LogP contribution is -2.16. The first-order valence-electron chi connectivity index (χ1n) is 5.63. The number of H-pyrrole nitrogens is 1. The Kier molecular flexibility index (Phi) is 2.56. The first-order valence-corrected chi connectivity index (χ1v) is 5.63. The molecule has 0 aliphatic carbocycles. The standard InChI is InChI=1S/C10H9N7O3/c1-15-9-6(4-12-15)10(18)14-7(13-9)5-16-8(17(19)20)2-3-11-16/h2-4H,5H2,1H3,(H,13,14,18). The van der Waals surface area contributed by atoms with Crippen LogP contribution in [0.1, 0.15) is 5.82 Å². The molecule has 0 aliphatic rings. The zero-order chi connectivity index (χ0) is 14.3. The van der Waals surface area contributed by atoms with Crippen molar-refractivity contribution in [3.8, 4) is 0 Å². The van der Waals surface area contributed by atoms with Crippen LogP contribution >= 0.6 is 0 Å². The van der Waals surface area contributed by atoms with Crippen LogP contribution in [-0.2, 0) is 13.6 Å². The van der Waals surface area contributed by atoms with Gasteiger partial charge in [0.2, 0.25) is 0 Å². The zero-order valence-electron chi connectivity index (χ0n) is 10.3. The second-order valence-electron chi connectivity index (χ2n) is 4.12. The highest BCUT2D eigenvalue weighted by atomic mass is 16.6. The van der Waals surface area contributed by atoms with Crippen molar-refractivity contribution in [2.45, 2.75) is 6.54 Å². The van der Waals surface area contributed by atoms with E-state index in [1.807, 2.05) is 0 Å². The van der Waals surface area contributed by atoms with Crippen LogP contribution < -0.4 is 5.56 Å². The summed E-state index contributed by atoms with van der Waals surface area (Å²) in [6.45, 7) is -0.000324. The predicted molar refractivity (Wildman–Crippen MR) is 67.1 cm³/mol. The largest absolute Gasteiger partial charge is 0.358 e. The Balaban J connectivity index is 2.07. The maximum atomic E-state index is 11.8. The normalized spacial score (nSPS) is 11.1. The lowest BCUT2D eigenvalue weighted by atomic mass is 10.4. The van der Waals surface area contributed by atoms with Crippen LogP contribution in [0.25, 0.3) is 11.0 Å². The van der Waals surface area contributed by atoms with Crippen molar-refractivity contribution in [2.24, 2.45) is 7.05 Å². The molecule has 10 heteroatoms. The van der Waals surface area contributed by atoms with E-state index in [-0.39, 0.29) is 23.7 Å². The number of aromatic amines is 1. The van der Waals surface area contributed by atoms with E-state index in [0.717, 1.165) is 4.68 Å². The SMILES string of the molecule is Cn1ncc2c(=O)[nH]c(Cn3nccc3[N+](=O)[O-])nc21. The van der Waals surface area contributed by atoms with Crippen molar-refractivity contribution < 1.29 is 4.92 Å². The van der Waals surface area contributed by atoms with E-state index >= 15 is 0 Å². The topological polar surface area (TPSA) is 125 Å². The minimum atomic E-state index is -0.548. The Morgan fingerprint density at radius 1 is 1.45 bits per heavy atom. The number of nitro groups is 1. The van der Waals surface area contributed by atoms with Gasteiger partial charge in [-0.15, -0.1) is 4.68 Å². The Labute approximate surface area is 110 Å². The van der Waals surface area contributed by atoms with Gasteiger partial charge in [-0.25, -0.2) is 4.98 Å². The molecule has 0 fully saturated rings. The first-order chi connectivity index (χ1) is 9.56. The maximum Gasteiger partial charge on any atom is 0.345 e. The minimum Gasteiger partial charge on any atom is -0.358 e. The number of fused-ring (bicyclic) bond motifs is 1. The van der Waals surface area contributed by atoms with Gasteiger partial charge in [-0.2, -0.15) is 5.10 Å². The van der Waals surface area contributed by atoms with Gasteiger partial charge in [-0.3, -0.25) is 9.48 Å². The molecule has 0 amide bonds. The van der Waals surface area contributed by atoms with Crippen LogP contribution in [0.2, 0.25) is 0 Å². The Morgan fingerprint density at radius 2 is 2.25 bits per heavy atom. The fourth-order valence-electron chi connectivity index (χ4n) is 1.90. The molecular formula is C10H9N7O3. The Bertz CT molecular complexity index is 859. The van der Waals surface area contributed by atoms with Crippen LogP contribution in [-0.4, -0.2) is 34.5 Å². The van der Waals surface area contributed by atoms with Crippen molar-refractivity contribution in [1.82, 2.24) is 29.5 Å². The van der Waals surface area contributed by atoms with Gasteiger partial charge in [-0.05, 0) is 4.92 Å². The summed E-state index contributed by atoms with van der Waals surface area (Å²) in [6, 6.07) is 1.28. The minimum absolute atomic E-state index is 0.000324. The van der Waals surface area contributed by atoms with E-state index in [0.29, 0.717) is 11.0 Å². The summed E-state index contributed by atoms with van der Waals surface area (Å²) in [4.78, 5) is 28.9. The van der Waals surface area contributed by atoms with E-state index in [1.54, 1.807) is 7.05 Å². The molecule has 102 valence electrons. The molecule has 10 nitrogen and oxygen atoms in total. The van der Waals surface area contributed by atoms with E-state index in [4.69, 9.17) is 0 Å². The first kappa shape index (κ1) is 12.0. The van der Waals surface area contributed by atoms with E-state index in [9.17, 15) is 14.9 Å². The van der Waals surface area contributed by atoms with Crippen molar-refractivity contribution >= 4 is 16.9 Å². The van der Waals surface area contributed by atoms with Gasteiger partial charge in [0, 0.05) is 7.05 Å². The quantitative estimate of drug-likeness (QED) is 0.521. The number of hydrogen-bond acceptors (Lipinski definition) is 6. The second-order valence-corrected chi connectivity index (χ2v) is 4.12. The highest BCUT2D eigenvalue weighted by Crippen LogP contribution is 2.11. The molecular weight excluding hydrogens is 266 g/mol. The molecule has 1 N–H and O–H groups in total. The van der Waals surface area contributed by atoms with Crippen LogP contribution in [0, 0.1) is 10.1 Å². The van der Waals surface area contributed by atoms with E-state index in [1.165, 1.54) is 23.1 Å². The summed E-state index contributed by atoms with van der Waals surface area (Å²) in [7, 11) is 1.66. The average molecular weight is 275 g/mol. The summed E-state index contributed by atoms with van der Waals surface area (Å²) < 4.78 is 2.62. The molecule has 3 aromatic heterocycles. The number of aryl methyl sites for hydroxylation is 1. The van der Waals surface area contributed by atoms with Crippen LogP contribution in [0.4, 0.5) is 5.82 Å². The summed E-state index contributed by atoms with van der Waals surface area (Å²) in [5.74, 6) is 0.107. The fraction of sp³-hybridized carbons (Fsp3) is 0.200. The van der Waals surface area contributed by atoms with Crippen LogP contribution in [0.5, 0.6) is 0 Å². The third kappa shape index (κ3) is 1.83. The summed E-state index contributed by atoms with van der Waals surface area (Å²) in [5.41, 5.74) is 0.0754.